The third-order valence-corrected chi connectivity index (χ3v) is 3.63. The van der Waals surface area contributed by atoms with Crippen molar-refractivity contribution in [3.05, 3.63) is 59.4 Å². The molecule has 0 fully saturated rings. The molecule has 1 aromatic carbocycles. The van der Waals surface area contributed by atoms with E-state index in [2.05, 4.69) is 11.1 Å². The van der Waals surface area contributed by atoms with Gasteiger partial charge in [-0.15, -0.1) is 0 Å². The van der Waals surface area contributed by atoms with Crippen molar-refractivity contribution in [1.29, 1.82) is 0 Å². The largest absolute Gasteiger partial charge is 0.495 e. The average Bonchev–Trinajstić information content (AvgIpc) is 2.53. The highest BCUT2D eigenvalue weighted by Crippen LogP contribution is 2.37. The van der Waals surface area contributed by atoms with E-state index in [1.165, 1.54) is 5.56 Å². The zero-order valence-electron chi connectivity index (χ0n) is 11.3. The Balaban J connectivity index is 1.93. The molecular formula is C16H17NO3. The van der Waals surface area contributed by atoms with Crippen LogP contribution in [0.3, 0.4) is 0 Å². The minimum absolute atomic E-state index is 0.353. The molecule has 2 heterocycles. The first-order valence-corrected chi connectivity index (χ1v) is 6.66. The molecule has 2 atom stereocenters. The third-order valence-electron chi connectivity index (χ3n) is 3.63. The molecule has 2 aromatic rings. The number of hydrogen-bond donors (Lipinski definition) is 1. The van der Waals surface area contributed by atoms with Crippen molar-refractivity contribution in [1.82, 2.24) is 4.98 Å². The number of hydrogen-bond acceptors (Lipinski definition) is 4. The van der Waals surface area contributed by atoms with Gasteiger partial charge in [-0.3, -0.25) is 4.98 Å². The van der Waals surface area contributed by atoms with Gasteiger partial charge in [0.2, 0.25) is 0 Å². The molecule has 0 bridgehead atoms. The van der Waals surface area contributed by atoms with Crippen LogP contribution < -0.4 is 4.74 Å². The van der Waals surface area contributed by atoms with E-state index < -0.39 is 6.10 Å². The Morgan fingerprint density at radius 3 is 3.05 bits per heavy atom. The van der Waals surface area contributed by atoms with Gasteiger partial charge in [-0.25, -0.2) is 0 Å². The van der Waals surface area contributed by atoms with Gasteiger partial charge in [0.05, 0.1) is 19.9 Å². The Morgan fingerprint density at radius 2 is 2.20 bits per heavy atom. The molecule has 2 unspecified atom stereocenters. The van der Waals surface area contributed by atoms with Crippen molar-refractivity contribution in [3.8, 4) is 5.75 Å². The van der Waals surface area contributed by atoms with Crippen molar-refractivity contribution in [2.24, 2.45) is 0 Å². The molecule has 1 aliphatic heterocycles. The Hall–Kier alpha value is -1.91. The molecule has 0 spiro atoms. The Bertz CT molecular complexity index is 600. The van der Waals surface area contributed by atoms with Gasteiger partial charge in [0, 0.05) is 11.8 Å². The zero-order chi connectivity index (χ0) is 13.9. The van der Waals surface area contributed by atoms with Crippen LogP contribution >= 0.6 is 0 Å². The summed E-state index contributed by atoms with van der Waals surface area (Å²) in [6.07, 6.45) is 3.04. The lowest BCUT2D eigenvalue weighted by molar-refractivity contribution is -0.0484. The summed E-state index contributed by atoms with van der Waals surface area (Å²) in [4.78, 5) is 4.09. The van der Waals surface area contributed by atoms with E-state index in [9.17, 15) is 5.11 Å². The molecule has 1 aliphatic rings. The number of aromatic nitrogens is 1. The summed E-state index contributed by atoms with van der Waals surface area (Å²) in [5, 5.41) is 10.6. The highest BCUT2D eigenvalue weighted by molar-refractivity contribution is 5.34. The fourth-order valence-corrected chi connectivity index (χ4v) is 2.57. The summed E-state index contributed by atoms with van der Waals surface area (Å²) < 4.78 is 10.9. The Kier molecular flexibility index (Phi) is 3.67. The van der Waals surface area contributed by atoms with E-state index in [1.807, 2.05) is 18.2 Å². The van der Waals surface area contributed by atoms with Gasteiger partial charge in [-0.05, 0) is 23.6 Å². The second kappa shape index (κ2) is 5.61. The number of rotatable bonds is 3. The molecule has 0 saturated heterocycles. The van der Waals surface area contributed by atoms with Crippen LogP contribution in [0.15, 0.2) is 42.7 Å². The molecule has 3 rings (SSSR count). The fraction of sp³-hybridized carbons (Fsp3) is 0.312. The average molecular weight is 271 g/mol. The van der Waals surface area contributed by atoms with Crippen molar-refractivity contribution in [3.63, 3.8) is 0 Å². The number of fused-ring (bicyclic) bond motifs is 1. The van der Waals surface area contributed by atoms with Gasteiger partial charge in [0.15, 0.2) is 0 Å². The maximum atomic E-state index is 10.6. The molecule has 20 heavy (non-hydrogen) atoms. The monoisotopic (exact) mass is 271 g/mol. The molecule has 4 nitrogen and oxygen atoms in total. The first kappa shape index (κ1) is 13.1. The van der Waals surface area contributed by atoms with Gasteiger partial charge in [-0.1, -0.05) is 24.3 Å². The molecule has 0 saturated carbocycles. The normalized spacial score (nSPS) is 19.2. The van der Waals surface area contributed by atoms with Crippen molar-refractivity contribution in [2.45, 2.75) is 18.6 Å². The van der Waals surface area contributed by atoms with Crippen LogP contribution in [0.4, 0.5) is 0 Å². The minimum Gasteiger partial charge on any atom is -0.495 e. The molecule has 1 N–H and O–H groups in total. The topological polar surface area (TPSA) is 51.6 Å². The maximum absolute atomic E-state index is 10.6. The molecule has 0 aliphatic carbocycles. The number of benzene rings is 1. The van der Waals surface area contributed by atoms with Crippen LogP contribution in [0.2, 0.25) is 0 Å². The SMILES string of the molecule is COc1cncc(C(O)C2OCCc3ccccc32)c1. The van der Waals surface area contributed by atoms with E-state index in [0.29, 0.717) is 17.9 Å². The smallest absolute Gasteiger partial charge is 0.137 e. The Morgan fingerprint density at radius 1 is 1.35 bits per heavy atom. The molecular weight excluding hydrogens is 254 g/mol. The van der Waals surface area contributed by atoms with Crippen molar-refractivity contribution in [2.75, 3.05) is 13.7 Å². The van der Waals surface area contributed by atoms with E-state index >= 15 is 0 Å². The summed E-state index contributed by atoms with van der Waals surface area (Å²) in [5.41, 5.74) is 2.98. The van der Waals surface area contributed by atoms with Crippen LogP contribution in [0, 0.1) is 0 Å². The van der Waals surface area contributed by atoms with Gasteiger partial charge < -0.3 is 14.6 Å². The van der Waals surface area contributed by atoms with Crippen LogP contribution in [-0.4, -0.2) is 23.8 Å². The number of pyridine rings is 1. The third kappa shape index (κ3) is 2.40. The summed E-state index contributed by atoms with van der Waals surface area (Å²) in [6, 6.07) is 9.87. The number of ether oxygens (including phenoxy) is 2. The summed E-state index contributed by atoms with van der Waals surface area (Å²) in [6.45, 7) is 0.621. The lowest BCUT2D eigenvalue weighted by atomic mass is 9.92. The molecule has 1 aromatic heterocycles. The van der Waals surface area contributed by atoms with Gasteiger partial charge >= 0.3 is 0 Å². The number of nitrogens with zero attached hydrogens (tertiary/aromatic N) is 1. The van der Waals surface area contributed by atoms with Gasteiger partial charge in [0.1, 0.15) is 18.0 Å². The first-order chi connectivity index (χ1) is 9.79. The van der Waals surface area contributed by atoms with Crippen LogP contribution in [0.1, 0.15) is 28.9 Å². The van der Waals surface area contributed by atoms with E-state index in [-0.39, 0.29) is 6.10 Å². The predicted octanol–water partition coefficient (Wildman–Crippen LogP) is 2.44. The lowest BCUT2D eigenvalue weighted by Gasteiger charge is -2.29. The van der Waals surface area contributed by atoms with E-state index in [0.717, 1.165) is 12.0 Å². The second-order valence-electron chi connectivity index (χ2n) is 4.84. The van der Waals surface area contributed by atoms with Crippen molar-refractivity contribution >= 4 is 0 Å². The van der Waals surface area contributed by atoms with Crippen molar-refractivity contribution < 1.29 is 14.6 Å². The lowest BCUT2D eigenvalue weighted by Crippen LogP contribution is -2.22. The molecule has 0 radical (unpaired) electrons. The minimum atomic E-state index is -0.751. The number of aliphatic hydroxyl groups is 1. The van der Waals surface area contributed by atoms with E-state index in [4.69, 9.17) is 9.47 Å². The highest BCUT2D eigenvalue weighted by Gasteiger charge is 2.28. The summed E-state index contributed by atoms with van der Waals surface area (Å²) in [5.74, 6) is 0.630. The standard InChI is InChI=1S/C16H17NO3/c1-19-13-8-12(9-17-10-13)15(18)16-14-5-3-2-4-11(14)6-7-20-16/h2-5,8-10,15-16,18H,6-7H2,1H3. The first-order valence-electron chi connectivity index (χ1n) is 6.66. The quantitative estimate of drug-likeness (QED) is 0.931. The maximum Gasteiger partial charge on any atom is 0.137 e. The molecule has 0 amide bonds. The molecule has 4 heteroatoms. The van der Waals surface area contributed by atoms with Gasteiger partial charge in [-0.2, -0.15) is 0 Å². The second-order valence-corrected chi connectivity index (χ2v) is 4.84. The summed E-state index contributed by atoms with van der Waals surface area (Å²) in [7, 11) is 1.58. The molecule has 104 valence electrons. The van der Waals surface area contributed by atoms with Crippen LogP contribution in [0.5, 0.6) is 5.75 Å². The predicted molar refractivity (Wildman–Crippen MR) is 74.6 cm³/mol. The highest BCUT2D eigenvalue weighted by atomic mass is 16.5. The van der Waals surface area contributed by atoms with Gasteiger partial charge in [0.25, 0.3) is 0 Å². The van der Waals surface area contributed by atoms with E-state index in [1.54, 1.807) is 25.6 Å². The summed E-state index contributed by atoms with van der Waals surface area (Å²) >= 11 is 0. The fourth-order valence-electron chi connectivity index (χ4n) is 2.57. The van der Waals surface area contributed by atoms with Crippen LogP contribution in [-0.2, 0) is 11.2 Å². The number of aliphatic hydroxyl groups excluding tert-OH is 1. The number of methoxy groups -OCH3 is 1. The van der Waals surface area contributed by atoms with Crippen LogP contribution in [0.25, 0.3) is 0 Å². The Labute approximate surface area is 118 Å². The zero-order valence-corrected chi connectivity index (χ0v) is 11.3.